The van der Waals surface area contributed by atoms with E-state index in [0.717, 1.165) is 23.4 Å². The fourth-order valence-electron chi connectivity index (χ4n) is 2.86. The standard InChI is InChI=1S/C23H33N3O3.HI/c1-5-24-23(26-16-22(28-4)19-9-7-6-8-10-19)25-15-21(27)18-11-13-20(14-12-18)29-17(2)3;/h6-14,17,21-22,27H,5,15-16H2,1-4H3,(H2,24,25,26);1H. The number of methoxy groups -OCH3 is 1. The molecule has 0 amide bonds. The van der Waals surface area contributed by atoms with Crippen molar-refractivity contribution in [1.82, 2.24) is 10.6 Å². The van der Waals surface area contributed by atoms with E-state index in [4.69, 9.17) is 9.47 Å². The number of hydrogen-bond acceptors (Lipinski definition) is 4. The van der Waals surface area contributed by atoms with Crippen molar-refractivity contribution in [1.29, 1.82) is 0 Å². The van der Waals surface area contributed by atoms with Crippen molar-refractivity contribution in [2.45, 2.75) is 39.1 Å². The molecule has 2 aromatic rings. The number of halogens is 1. The summed E-state index contributed by atoms with van der Waals surface area (Å²) in [6, 6.07) is 17.5. The van der Waals surface area contributed by atoms with E-state index in [1.54, 1.807) is 7.11 Å². The van der Waals surface area contributed by atoms with Gasteiger partial charge in [0.25, 0.3) is 0 Å². The van der Waals surface area contributed by atoms with Crippen molar-refractivity contribution in [3.8, 4) is 5.75 Å². The van der Waals surface area contributed by atoms with Gasteiger partial charge in [0.1, 0.15) is 5.75 Å². The minimum atomic E-state index is -0.689. The largest absolute Gasteiger partial charge is 0.491 e. The summed E-state index contributed by atoms with van der Waals surface area (Å²) in [5, 5.41) is 17.0. The molecule has 0 heterocycles. The van der Waals surface area contributed by atoms with Crippen LogP contribution in [-0.4, -0.2) is 43.9 Å². The van der Waals surface area contributed by atoms with Gasteiger partial charge in [-0.1, -0.05) is 42.5 Å². The van der Waals surface area contributed by atoms with Crippen LogP contribution in [0.25, 0.3) is 0 Å². The van der Waals surface area contributed by atoms with Gasteiger partial charge in [0, 0.05) is 20.2 Å². The van der Waals surface area contributed by atoms with Crippen molar-refractivity contribution in [3.05, 3.63) is 65.7 Å². The molecule has 0 saturated heterocycles. The Bertz CT molecular complexity index is 739. The quantitative estimate of drug-likeness (QED) is 0.247. The van der Waals surface area contributed by atoms with Crippen LogP contribution < -0.4 is 15.4 Å². The summed E-state index contributed by atoms with van der Waals surface area (Å²) < 4.78 is 11.2. The molecule has 0 aliphatic heterocycles. The second-order valence-corrected chi connectivity index (χ2v) is 6.99. The van der Waals surface area contributed by atoms with Gasteiger partial charge < -0.3 is 25.2 Å². The Morgan fingerprint density at radius 1 is 1.00 bits per heavy atom. The lowest BCUT2D eigenvalue weighted by Gasteiger charge is -2.19. The van der Waals surface area contributed by atoms with Gasteiger partial charge in [-0.2, -0.15) is 0 Å². The molecule has 0 fully saturated rings. The van der Waals surface area contributed by atoms with Gasteiger partial charge in [0.15, 0.2) is 5.96 Å². The smallest absolute Gasteiger partial charge is 0.191 e. The highest BCUT2D eigenvalue weighted by molar-refractivity contribution is 14.0. The summed E-state index contributed by atoms with van der Waals surface area (Å²) in [5.41, 5.74) is 1.90. The first-order chi connectivity index (χ1) is 14.0. The zero-order chi connectivity index (χ0) is 21.1. The van der Waals surface area contributed by atoms with Crippen LogP contribution in [0.4, 0.5) is 0 Å². The van der Waals surface area contributed by atoms with E-state index in [-0.39, 0.29) is 42.7 Å². The maximum absolute atomic E-state index is 10.5. The van der Waals surface area contributed by atoms with Gasteiger partial charge in [-0.3, -0.25) is 4.99 Å². The molecule has 2 aromatic carbocycles. The van der Waals surface area contributed by atoms with Crippen LogP contribution in [0, 0.1) is 0 Å². The summed E-state index contributed by atoms with van der Waals surface area (Å²) in [6.07, 6.45) is -0.652. The molecule has 166 valence electrons. The van der Waals surface area contributed by atoms with E-state index >= 15 is 0 Å². The second kappa shape index (κ2) is 14.2. The molecule has 0 aromatic heterocycles. The Morgan fingerprint density at radius 2 is 1.67 bits per heavy atom. The predicted octanol–water partition coefficient (Wildman–Crippen LogP) is 4.07. The van der Waals surface area contributed by atoms with Crippen LogP contribution in [-0.2, 0) is 4.74 Å². The molecule has 6 nitrogen and oxygen atoms in total. The number of aliphatic imine (C=N–C) groups is 1. The average Bonchev–Trinajstić information content (AvgIpc) is 2.73. The second-order valence-electron chi connectivity index (χ2n) is 6.99. The third-order valence-electron chi connectivity index (χ3n) is 4.31. The molecule has 0 spiro atoms. The summed E-state index contributed by atoms with van der Waals surface area (Å²) >= 11 is 0. The number of nitrogens with zero attached hydrogens (tertiary/aromatic N) is 1. The Labute approximate surface area is 197 Å². The maximum atomic E-state index is 10.5. The fraction of sp³-hybridized carbons (Fsp3) is 0.435. The normalized spacial score (nSPS) is 13.3. The van der Waals surface area contributed by atoms with Crippen molar-refractivity contribution in [3.63, 3.8) is 0 Å². The first-order valence-corrected chi connectivity index (χ1v) is 10.1. The van der Waals surface area contributed by atoms with Crippen molar-refractivity contribution in [2.75, 3.05) is 26.7 Å². The van der Waals surface area contributed by atoms with Gasteiger partial charge in [-0.25, -0.2) is 0 Å². The molecule has 30 heavy (non-hydrogen) atoms. The molecule has 2 unspecified atom stereocenters. The van der Waals surface area contributed by atoms with Gasteiger partial charge in [-0.05, 0) is 44.0 Å². The van der Waals surface area contributed by atoms with Crippen LogP contribution in [0.3, 0.4) is 0 Å². The van der Waals surface area contributed by atoms with Gasteiger partial charge in [0.2, 0.25) is 0 Å². The first-order valence-electron chi connectivity index (χ1n) is 10.1. The van der Waals surface area contributed by atoms with Crippen LogP contribution >= 0.6 is 24.0 Å². The summed E-state index contributed by atoms with van der Waals surface area (Å²) in [6.45, 7) is 7.53. The highest BCUT2D eigenvalue weighted by Crippen LogP contribution is 2.19. The Balaban J connectivity index is 0.00000450. The molecule has 0 bridgehead atoms. The topological polar surface area (TPSA) is 75.1 Å². The number of aliphatic hydroxyl groups excluding tert-OH is 1. The molecule has 0 aliphatic carbocycles. The summed E-state index contributed by atoms with van der Waals surface area (Å²) in [4.78, 5) is 4.52. The molecule has 0 saturated carbocycles. The van der Waals surface area contributed by atoms with E-state index in [2.05, 4.69) is 15.6 Å². The first kappa shape index (κ1) is 26.2. The third kappa shape index (κ3) is 8.89. The SMILES string of the molecule is CCNC(=NCC(O)c1ccc(OC(C)C)cc1)NCC(OC)c1ccccc1.I. The fourth-order valence-corrected chi connectivity index (χ4v) is 2.86. The Kier molecular flexibility index (Phi) is 12.4. The molecule has 3 N–H and O–H groups in total. The van der Waals surface area contributed by atoms with Crippen molar-refractivity contribution < 1.29 is 14.6 Å². The van der Waals surface area contributed by atoms with Crippen molar-refractivity contribution in [2.24, 2.45) is 4.99 Å². The molecule has 2 rings (SSSR count). The van der Waals surface area contributed by atoms with Gasteiger partial charge >= 0.3 is 0 Å². The Hall–Kier alpha value is -1.84. The molecule has 0 radical (unpaired) electrons. The highest BCUT2D eigenvalue weighted by Gasteiger charge is 2.12. The minimum absolute atomic E-state index is 0. The zero-order valence-electron chi connectivity index (χ0n) is 18.2. The summed E-state index contributed by atoms with van der Waals surface area (Å²) in [5.74, 6) is 1.44. The van der Waals surface area contributed by atoms with E-state index < -0.39 is 6.10 Å². The Morgan fingerprint density at radius 3 is 2.23 bits per heavy atom. The number of guanidine groups is 1. The molecule has 0 aliphatic rings. The van der Waals surface area contributed by atoms with E-state index in [1.165, 1.54) is 0 Å². The molecular formula is C23H34IN3O3. The van der Waals surface area contributed by atoms with E-state index in [9.17, 15) is 5.11 Å². The van der Waals surface area contributed by atoms with E-state index in [0.29, 0.717) is 12.5 Å². The number of ether oxygens (including phenoxy) is 2. The lowest BCUT2D eigenvalue weighted by atomic mass is 10.1. The van der Waals surface area contributed by atoms with Gasteiger partial charge in [-0.15, -0.1) is 24.0 Å². The van der Waals surface area contributed by atoms with Crippen molar-refractivity contribution >= 4 is 29.9 Å². The lowest BCUT2D eigenvalue weighted by Crippen LogP contribution is -2.40. The predicted molar refractivity (Wildman–Crippen MR) is 133 cm³/mol. The number of nitrogens with one attached hydrogen (secondary N) is 2. The third-order valence-corrected chi connectivity index (χ3v) is 4.31. The number of rotatable bonds is 10. The molecule has 2 atom stereocenters. The van der Waals surface area contributed by atoms with Crippen LogP contribution in [0.5, 0.6) is 5.75 Å². The number of hydrogen-bond donors (Lipinski definition) is 3. The molecule has 7 heteroatoms. The average molecular weight is 527 g/mol. The minimum Gasteiger partial charge on any atom is -0.491 e. The van der Waals surface area contributed by atoms with Gasteiger partial charge in [0.05, 0.1) is 24.9 Å². The van der Waals surface area contributed by atoms with Crippen LogP contribution in [0.2, 0.25) is 0 Å². The van der Waals surface area contributed by atoms with Crippen LogP contribution in [0.1, 0.15) is 44.1 Å². The number of aliphatic hydroxyl groups is 1. The monoisotopic (exact) mass is 527 g/mol. The molecular weight excluding hydrogens is 493 g/mol. The van der Waals surface area contributed by atoms with E-state index in [1.807, 2.05) is 75.4 Å². The van der Waals surface area contributed by atoms with Crippen LogP contribution in [0.15, 0.2) is 59.6 Å². The zero-order valence-corrected chi connectivity index (χ0v) is 20.5. The maximum Gasteiger partial charge on any atom is 0.191 e. The highest BCUT2D eigenvalue weighted by atomic mass is 127. The summed E-state index contributed by atoms with van der Waals surface area (Å²) in [7, 11) is 1.69. The number of benzene rings is 2. The lowest BCUT2D eigenvalue weighted by molar-refractivity contribution is 0.106.